The topological polar surface area (TPSA) is 51.8 Å². The summed E-state index contributed by atoms with van der Waals surface area (Å²) in [5.74, 6) is 0.685. The Balaban J connectivity index is 1.99. The standard InChI is InChI=1S/C12H17N3S/c1-9(6-7-13)4-5-11-15-10-3-2-8-14-12(10)16-11/h2-3,8-9H,4-7,13H2,1H3. The Morgan fingerprint density at radius 1 is 1.44 bits per heavy atom. The third-order valence-corrected chi connectivity index (χ3v) is 3.76. The SMILES string of the molecule is CC(CCN)CCc1nc2cccnc2s1. The lowest BCUT2D eigenvalue weighted by Gasteiger charge is -2.07. The Morgan fingerprint density at radius 3 is 3.06 bits per heavy atom. The highest BCUT2D eigenvalue weighted by molar-refractivity contribution is 7.18. The summed E-state index contributed by atoms with van der Waals surface area (Å²) in [6.45, 7) is 3.03. The average Bonchev–Trinajstić information content (AvgIpc) is 2.69. The van der Waals surface area contributed by atoms with Gasteiger partial charge in [-0.3, -0.25) is 0 Å². The maximum Gasteiger partial charge on any atom is 0.143 e. The molecular formula is C12H17N3S. The van der Waals surface area contributed by atoms with Crippen molar-refractivity contribution in [1.29, 1.82) is 0 Å². The van der Waals surface area contributed by atoms with Crippen molar-refractivity contribution in [3.63, 3.8) is 0 Å². The first-order chi connectivity index (χ1) is 7.79. The highest BCUT2D eigenvalue weighted by atomic mass is 32.1. The maximum absolute atomic E-state index is 5.54. The van der Waals surface area contributed by atoms with Crippen molar-refractivity contribution < 1.29 is 0 Å². The summed E-state index contributed by atoms with van der Waals surface area (Å²) in [6, 6.07) is 3.95. The second kappa shape index (κ2) is 5.37. The molecule has 0 bridgehead atoms. The van der Waals surface area contributed by atoms with E-state index in [1.807, 2.05) is 18.3 Å². The van der Waals surface area contributed by atoms with Crippen molar-refractivity contribution >= 4 is 21.7 Å². The van der Waals surface area contributed by atoms with Crippen molar-refractivity contribution in [2.45, 2.75) is 26.2 Å². The molecule has 2 aromatic rings. The number of hydrogen-bond acceptors (Lipinski definition) is 4. The van der Waals surface area contributed by atoms with Crippen LogP contribution in [0.2, 0.25) is 0 Å². The normalized spacial score (nSPS) is 13.1. The van der Waals surface area contributed by atoms with Gasteiger partial charge in [0.2, 0.25) is 0 Å². The first-order valence-corrected chi connectivity index (χ1v) is 6.51. The lowest BCUT2D eigenvalue weighted by molar-refractivity contribution is 0.499. The zero-order valence-electron chi connectivity index (χ0n) is 9.52. The first kappa shape index (κ1) is 11.5. The largest absolute Gasteiger partial charge is 0.330 e. The highest BCUT2D eigenvalue weighted by Crippen LogP contribution is 2.21. The number of aryl methyl sites for hydroxylation is 1. The molecule has 0 amide bonds. The zero-order chi connectivity index (χ0) is 11.4. The molecule has 2 rings (SSSR count). The van der Waals surface area contributed by atoms with Gasteiger partial charge in [0.25, 0.3) is 0 Å². The van der Waals surface area contributed by atoms with Crippen LogP contribution < -0.4 is 5.73 Å². The molecule has 2 heterocycles. The van der Waals surface area contributed by atoms with Crippen molar-refractivity contribution in [3.05, 3.63) is 23.3 Å². The fraction of sp³-hybridized carbons (Fsp3) is 0.500. The highest BCUT2D eigenvalue weighted by Gasteiger charge is 2.06. The predicted octanol–water partition coefficient (Wildman–Crippen LogP) is 2.61. The predicted molar refractivity (Wildman–Crippen MR) is 68.6 cm³/mol. The van der Waals surface area contributed by atoms with E-state index in [-0.39, 0.29) is 0 Å². The molecular weight excluding hydrogens is 218 g/mol. The van der Waals surface area contributed by atoms with E-state index in [9.17, 15) is 0 Å². The summed E-state index contributed by atoms with van der Waals surface area (Å²) in [6.07, 6.45) is 5.13. The van der Waals surface area contributed by atoms with Crippen LogP contribution in [0.3, 0.4) is 0 Å². The number of hydrogen-bond donors (Lipinski definition) is 1. The molecule has 0 aliphatic rings. The van der Waals surface area contributed by atoms with Gasteiger partial charge >= 0.3 is 0 Å². The number of rotatable bonds is 5. The fourth-order valence-electron chi connectivity index (χ4n) is 1.72. The molecule has 0 aliphatic carbocycles. The van der Waals surface area contributed by atoms with Gasteiger partial charge in [0.1, 0.15) is 10.3 Å². The van der Waals surface area contributed by atoms with Gasteiger partial charge in [0, 0.05) is 6.20 Å². The molecule has 0 spiro atoms. The summed E-state index contributed by atoms with van der Waals surface area (Å²) >= 11 is 1.70. The summed E-state index contributed by atoms with van der Waals surface area (Å²) in [4.78, 5) is 9.92. The number of pyridine rings is 1. The van der Waals surface area contributed by atoms with Crippen molar-refractivity contribution in [3.8, 4) is 0 Å². The van der Waals surface area contributed by atoms with E-state index in [0.717, 1.165) is 36.2 Å². The van der Waals surface area contributed by atoms with E-state index in [4.69, 9.17) is 5.73 Å². The van der Waals surface area contributed by atoms with E-state index in [1.54, 1.807) is 11.3 Å². The van der Waals surface area contributed by atoms with Gasteiger partial charge in [-0.25, -0.2) is 9.97 Å². The quantitative estimate of drug-likeness (QED) is 0.866. The minimum absolute atomic E-state index is 0.685. The molecule has 0 aliphatic heterocycles. The molecule has 2 N–H and O–H groups in total. The second-order valence-corrected chi connectivity index (χ2v) is 5.22. The van der Waals surface area contributed by atoms with Gasteiger partial charge < -0.3 is 5.73 Å². The van der Waals surface area contributed by atoms with Gasteiger partial charge in [-0.15, -0.1) is 0 Å². The molecule has 0 radical (unpaired) electrons. The third-order valence-electron chi connectivity index (χ3n) is 2.72. The second-order valence-electron chi connectivity index (χ2n) is 4.16. The van der Waals surface area contributed by atoms with E-state index in [1.165, 1.54) is 5.01 Å². The molecule has 0 fully saturated rings. The summed E-state index contributed by atoms with van der Waals surface area (Å²) < 4.78 is 0. The van der Waals surface area contributed by atoms with E-state index >= 15 is 0 Å². The smallest absolute Gasteiger partial charge is 0.143 e. The van der Waals surface area contributed by atoms with Crippen molar-refractivity contribution in [1.82, 2.24) is 9.97 Å². The maximum atomic E-state index is 5.54. The van der Waals surface area contributed by atoms with Crippen molar-refractivity contribution in [2.75, 3.05) is 6.54 Å². The molecule has 86 valence electrons. The molecule has 0 saturated heterocycles. The molecule has 3 nitrogen and oxygen atoms in total. The summed E-state index contributed by atoms with van der Waals surface area (Å²) in [5.41, 5.74) is 6.56. The Morgan fingerprint density at radius 2 is 2.31 bits per heavy atom. The molecule has 0 saturated carbocycles. The van der Waals surface area contributed by atoms with Gasteiger partial charge in [0.15, 0.2) is 0 Å². The Bertz CT molecular complexity index is 419. The van der Waals surface area contributed by atoms with E-state index in [0.29, 0.717) is 5.92 Å². The third kappa shape index (κ3) is 2.77. The Labute approximate surface area is 99.7 Å². The number of nitrogens with two attached hydrogens (primary N) is 1. The van der Waals surface area contributed by atoms with Crippen molar-refractivity contribution in [2.24, 2.45) is 11.7 Å². The van der Waals surface area contributed by atoms with Crippen LogP contribution in [0.15, 0.2) is 18.3 Å². The minimum Gasteiger partial charge on any atom is -0.330 e. The Kier molecular flexibility index (Phi) is 3.85. The van der Waals surface area contributed by atoms with Crippen LogP contribution in [0, 0.1) is 5.92 Å². The van der Waals surface area contributed by atoms with E-state index in [2.05, 4.69) is 16.9 Å². The minimum atomic E-state index is 0.685. The lowest BCUT2D eigenvalue weighted by Crippen LogP contribution is -2.06. The molecule has 2 aromatic heterocycles. The molecule has 1 atom stereocenters. The summed E-state index contributed by atoms with van der Waals surface area (Å²) in [5, 5.41) is 1.19. The molecule has 4 heteroatoms. The fourth-order valence-corrected chi connectivity index (χ4v) is 2.64. The van der Waals surface area contributed by atoms with Crippen LogP contribution in [0.1, 0.15) is 24.8 Å². The number of fused-ring (bicyclic) bond motifs is 1. The van der Waals surface area contributed by atoms with Gasteiger partial charge in [0.05, 0.1) is 5.01 Å². The van der Waals surface area contributed by atoms with Gasteiger partial charge in [-0.2, -0.15) is 0 Å². The number of thiazole rings is 1. The Hall–Kier alpha value is -1.00. The van der Waals surface area contributed by atoms with Crippen LogP contribution >= 0.6 is 11.3 Å². The first-order valence-electron chi connectivity index (χ1n) is 5.70. The van der Waals surface area contributed by atoms with Crippen LogP contribution in [0.5, 0.6) is 0 Å². The van der Waals surface area contributed by atoms with E-state index < -0.39 is 0 Å². The van der Waals surface area contributed by atoms with Gasteiger partial charge in [-0.1, -0.05) is 18.3 Å². The van der Waals surface area contributed by atoms with Crippen LogP contribution in [0.4, 0.5) is 0 Å². The summed E-state index contributed by atoms with van der Waals surface area (Å²) in [7, 11) is 0. The average molecular weight is 235 g/mol. The van der Waals surface area contributed by atoms with Crippen LogP contribution in [0.25, 0.3) is 10.3 Å². The molecule has 16 heavy (non-hydrogen) atoms. The molecule has 0 aromatic carbocycles. The van der Waals surface area contributed by atoms with Crippen LogP contribution in [-0.2, 0) is 6.42 Å². The van der Waals surface area contributed by atoms with Gasteiger partial charge in [-0.05, 0) is 43.9 Å². The number of nitrogens with zero attached hydrogens (tertiary/aromatic N) is 2. The zero-order valence-corrected chi connectivity index (χ0v) is 10.3. The number of aromatic nitrogens is 2. The van der Waals surface area contributed by atoms with Crippen LogP contribution in [-0.4, -0.2) is 16.5 Å². The molecule has 1 unspecified atom stereocenters. The lowest BCUT2D eigenvalue weighted by atomic mass is 10.0. The monoisotopic (exact) mass is 235 g/mol.